The number of aromatic nitrogens is 2. The Kier molecular flexibility index (Phi) is 6.60. The molecule has 0 spiro atoms. The van der Waals surface area contributed by atoms with Crippen LogP contribution in [0.2, 0.25) is 0 Å². The molecule has 0 unspecified atom stereocenters. The number of rotatable bonds is 7. The molecule has 0 atom stereocenters. The van der Waals surface area contributed by atoms with Crippen LogP contribution < -0.4 is 10.6 Å². The van der Waals surface area contributed by atoms with E-state index in [-0.39, 0.29) is 5.91 Å². The van der Waals surface area contributed by atoms with Crippen molar-refractivity contribution in [3.8, 4) is 0 Å². The van der Waals surface area contributed by atoms with E-state index in [9.17, 15) is 4.79 Å². The third-order valence-corrected chi connectivity index (χ3v) is 4.82. The van der Waals surface area contributed by atoms with E-state index in [0.717, 1.165) is 28.1 Å². The van der Waals surface area contributed by atoms with Crippen LogP contribution in [0.3, 0.4) is 0 Å². The molecule has 0 radical (unpaired) electrons. The smallest absolute Gasteiger partial charge is 0.274 e. The average Bonchev–Trinajstić information content (AvgIpc) is 2.73. The number of para-hydroxylation sites is 1. The van der Waals surface area contributed by atoms with Gasteiger partial charge in [0.1, 0.15) is 5.69 Å². The standard InChI is InChI=1S/C24H28N4O/c1-16(2)20-8-5-9-21(17(3)4)23(20)28-24(29)22-13-19(10-12-26-22)27-15-18-7-6-11-25-14-18/h5-14,16-17H,15H2,1-4H3,(H,26,27)(H,28,29). The molecule has 3 aromatic rings. The van der Waals surface area contributed by atoms with Gasteiger partial charge in [0.25, 0.3) is 5.91 Å². The molecule has 2 aromatic heterocycles. The molecular weight excluding hydrogens is 360 g/mol. The SMILES string of the molecule is CC(C)c1cccc(C(C)C)c1NC(=O)c1cc(NCc2cccnc2)ccn1. The van der Waals surface area contributed by atoms with Crippen LogP contribution in [0, 0.1) is 0 Å². The van der Waals surface area contributed by atoms with Crippen LogP contribution in [0.1, 0.15) is 66.7 Å². The van der Waals surface area contributed by atoms with E-state index in [1.165, 1.54) is 0 Å². The summed E-state index contributed by atoms with van der Waals surface area (Å²) in [5, 5.41) is 6.44. The number of benzene rings is 1. The number of carbonyl (C=O) groups excluding carboxylic acids is 1. The van der Waals surface area contributed by atoms with Gasteiger partial charge >= 0.3 is 0 Å². The summed E-state index contributed by atoms with van der Waals surface area (Å²) in [5.41, 5.74) is 5.47. The van der Waals surface area contributed by atoms with Crippen LogP contribution in [-0.2, 0) is 6.54 Å². The first-order chi connectivity index (χ1) is 14.0. The van der Waals surface area contributed by atoms with E-state index in [1.807, 2.05) is 24.4 Å². The molecule has 0 saturated carbocycles. The van der Waals surface area contributed by atoms with Gasteiger partial charge in [-0.1, -0.05) is 52.0 Å². The Hall–Kier alpha value is -3.21. The second-order valence-corrected chi connectivity index (χ2v) is 7.72. The summed E-state index contributed by atoms with van der Waals surface area (Å²) in [6, 6.07) is 13.7. The van der Waals surface area contributed by atoms with Crippen molar-refractivity contribution in [1.29, 1.82) is 0 Å². The molecule has 0 aliphatic rings. The van der Waals surface area contributed by atoms with Gasteiger partial charge in [0.05, 0.1) is 0 Å². The molecule has 29 heavy (non-hydrogen) atoms. The Labute approximate surface area is 172 Å². The summed E-state index contributed by atoms with van der Waals surface area (Å²) in [7, 11) is 0. The monoisotopic (exact) mass is 388 g/mol. The maximum atomic E-state index is 13.0. The second-order valence-electron chi connectivity index (χ2n) is 7.72. The maximum Gasteiger partial charge on any atom is 0.274 e. The zero-order chi connectivity index (χ0) is 20.8. The molecule has 0 aliphatic heterocycles. The Morgan fingerprint density at radius 3 is 2.31 bits per heavy atom. The van der Waals surface area contributed by atoms with Crippen LogP contribution in [-0.4, -0.2) is 15.9 Å². The van der Waals surface area contributed by atoms with Crippen LogP contribution in [0.25, 0.3) is 0 Å². The first-order valence-corrected chi connectivity index (χ1v) is 9.98. The lowest BCUT2D eigenvalue weighted by Crippen LogP contribution is -2.17. The average molecular weight is 389 g/mol. The predicted octanol–water partition coefficient (Wildman–Crippen LogP) is 5.59. The zero-order valence-electron chi connectivity index (χ0n) is 17.4. The molecule has 3 rings (SSSR count). The molecular formula is C24H28N4O. The Morgan fingerprint density at radius 1 is 0.966 bits per heavy atom. The minimum atomic E-state index is -0.204. The first-order valence-electron chi connectivity index (χ1n) is 9.98. The highest BCUT2D eigenvalue weighted by molar-refractivity contribution is 6.04. The van der Waals surface area contributed by atoms with Gasteiger partial charge in [0, 0.05) is 36.5 Å². The molecule has 1 amide bonds. The number of anilines is 2. The van der Waals surface area contributed by atoms with Crippen molar-refractivity contribution < 1.29 is 4.79 Å². The van der Waals surface area contributed by atoms with E-state index < -0.39 is 0 Å². The molecule has 5 nitrogen and oxygen atoms in total. The molecule has 0 aliphatic carbocycles. The highest BCUT2D eigenvalue weighted by Gasteiger charge is 2.17. The highest BCUT2D eigenvalue weighted by atomic mass is 16.1. The van der Waals surface area contributed by atoms with Crippen LogP contribution in [0.4, 0.5) is 11.4 Å². The molecule has 1 aromatic carbocycles. The number of nitrogens with one attached hydrogen (secondary N) is 2. The number of hydrogen-bond acceptors (Lipinski definition) is 4. The van der Waals surface area contributed by atoms with Gasteiger partial charge in [-0.3, -0.25) is 14.8 Å². The van der Waals surface area contributed by atoms with Crippen molar-refractivity contribution in [2.24, 2.45) is 0 Å². The van der Waals surface area contributed by atoms with Gasteiger partial charge in [0.2, 0.25) is 0 Å². The van der Waals surface area contributed by atoms with Crippen molar-refractivity contribution >= 4 is 17.3 Å². The van der Waals surface area contributed by atoms with Gasteiger partial charge in [-0.05, 0) is 46.7 Å². The molecule has 0 saturated heterocycles. The van der Waals surface area contributed by atoms with Crippen molar-refractivity contribution in [2.45, 2.75) is 46.1 Å². The third kappa shape index (κ3) is 5.19. The number of pyridine rings is 2. The van der Waals surface area contributed by atoms with Gasteiger partial charge < -0.3 is 10.6 Å². The van der Waals surface area contributed by atoms with E-state index in [1.54, 1.807) is 18.5 Å². The molecule has 5 heteroatoms. The number of hydrogen-bond donors (Lipinski definition) is 2. The van der Waals surface area contributed by atoms with Crippen LogP contribution >= 0.6 is 0 Å². The summed E-state index contributed by atoms with van der Waals surface area (Å²) >= 11 is 0. The first kappa shape index (κ1) is 20.5. The summed E-state index contributed by atoms with van der Waals surface area (Å²) in [6.45, 7) is 9.17. The van der Waals surface area contributed by atoms with Crippen molar-refractivity contribution in [1.82, 2.24) is 9.97 Å². The summed E-state index contributed by atoms with van der Waals surface area (Å²) < 4.78 is 0. The number of carbonyl (C=O) groups is 1. The fraction of sp³-hybridized carbons (Fsp3) is 0.292. The van der Waals surface area contributed by atoms with Crippen molar-refractivity contribution in [3.63, 3.8) is 0 Å². The van der Waals surface area contributed by atoms with Crippen molar-refractivity contribution in [3.05, 3.63) is 83.4 Å². The normalized spacial score (nSPS) is 11.0. The van der Waals surface area contributed by atoms with Gasteiger partial charge in [-0.25, -0.2) is 0 Å². The van der Waals surface area contributed by atoms with Crippen molar-refractivity contribution in [2.75, 3.05) is 10.6 Å². The molecule has 150 valence electrons. The quantitative estimate of drug-likeness (QED) is 0.554. The Bertz CT molecular complexity index is 941. The number of nitrogens with zero attached hydrogens (tertiary/aromatic N) is 2. The third-order valence-electron chi connectivity index (χ3n) is 4.82. The molecule has 0 fully saturated rings. The summed E-state index contributed by atoms with van der Waals surface area (Å²) in [6.07, 6.45) is 5.22. The maximum absolute atomic E-state index is 13.0. The van der Waals surface area contributed by atoms with Crippen LogP contribution in [0.5, 0.6) is 0 Å². The molecule has 0 bridgehead atoms. The van der Waals surface area contributed by atoms with Gasteiger partial charge in [0.15, 0.2) is 0 Å². The van der Waals surface area contributed by atoms with E-state index in [0.29, 0.717) is 24.1 Å². The van der Waals surface area contributed by atoms with Crippen LogP contribution in [0.15, 0.2) is 61.1 Å². The predicted molar refractivity (Wildman–Crippen MR) is 118 cm³/mol. The minimum absolute atomic E-state index is 0.204. The topological polar surface area (TPSA) is 66.9 Å². The van der Waals surface area contributed by atoms with Gasteiger partial charge in [-0.15, -0.1) is 0 Å². The zero-order valence-corrected chi connectivity index (χ0v) is 17.4. The fourth-order valence-corrected chi connectivity index (χ4v) is 3.24. The lowest BCUT2D eigenvalue weighted by atomic mass is 9.92. The minimum Gasteiger partial charge on any atom is -0.381 e. The number of amides is 1. The lowest BCUT2D eigenvalue weighted by Gasteiger charge is -2.20. The van der Waals surface area contributed by atoms with E-state index in [4.69, 9.17) is 0 Å². The Morgan fingerprint density at radius 2 is 1.69 bits per heavy atom. The Balaban J connectivity index is 1.80. The van der Waals surface area contributed by atoms with E-state index >= 15 is 0 Å². The van der Waals surface area contributed by atoms with E-state index in [2.05, 4.69) is 66.5 Å². The largest absolute Gasteiger partial charge is 0.381 e. The summed E-state index contributed by atoms with van der Waals surface area (Å²) in [5.74, 6) is 0.416. The second kappa shape index (κ2) is 9.32. The lowest BCUT2D eigenvalue weighted by molar-refractivity contribution is 0.102. The van der Waals surface area contributed by atoms with Gasteiger partial charge in [-0.2, -0.15) is 0 Å². The highest BCUT2D eigenvalue weighted by Crippen LogP contribution is 2.32. The fourth-order valence-electron chi connectivity index (χ4n) is 3.24. The molecule has 2 N–H and O–H groups in total. The summed E-state index contributed by atoms with van der Waals surface area (Å²) in [4.78, 5) is 21.4. The molecule has 2 heterocycles.